The van der Waals surface area contributed by atoms with E-state index in [9.17, 15) is 14.4 Å². The first kappa shape index (κ1) is 16.2. The molecule has 0 bridgehead atoms. The molecule has 1 aliphatic rings. The number of carbonyl (C=O) groups is 3. The van der Waals surface area contributed by atoms with Crippen molar-refractivity contribution in [2.45, 2.75) is 46.1 Å². The molecule has 1 aliphatic heterocycles. The van der Waals surface area contributed by atoms with Crippen molar-refractivity contribution in [3.05, 3.63) is 17.5 Å². The van der Waals surface area contributed by atoms with Crippen molar-refractivity contribution in [3.63, 3.8) is 0 Å². The SMILES string of the molecule is Cc1cc(C)n(CCCNC(=O)CCN2C(=O)CCC2=O)n1. The Morgan fingerprint density at radius 3 is 2.50 bits per heavy atom. The molecule has 1 fully saturated rings. The monoisotopic (exact) mass is 306 g/mol. The van der Waals surface area contributed by atoms with Crippen molar-refractivity contribution in [1.82, 2.24) is 20.0 Å². The smallest absolute Gasteiger partial charge is 0.229 e. The van der Waals surface area contributed by atoms with Gasteiger partial charge in [-0.1, -0.05) is 0 Å². The van der Waals surface area contributed by atoms with Crippen LogP contribution in [0.1, 0.15) is 37.1 Å². The van der Waals surface area contributed by atoms with E-state index in [1.165, 1.54) is 4.90 Å². The molecule has 0 saturated carbocycles. The van der Waals surface area contributed by atoms with Gasteiger partial charge in [0.2, 0.25) is 17.7 Å². The minimum atomic E-state index is -0.178. The third-order valence-corrected chi connectivity index (χ3v) is 3.69. The Morgan fingerprint density at radius 2 is 1.91 bits per heavy atom. The van der Waals surface area contributed by atoms with Crippen molar-refractivity contribution in [2.75, 3.05) is 13.1 Å². The fourth-order valence-electron chi connectivity index (χ4n) is 2.53. The van der Waals surface area contributed by atoms with Gasteiger partial charge in [-0.15, -0.1) is 0 Å². The minimum absolute atomic E-state index is 0.138. The molecule has 2 heterocycles. The van der Waals surface area contributed by atoms with E-state index >= 15 is 0 Å². The quantitative estimate of drug-likeness (QED) is 0.589. The van der Waals surface area contributed by atoms with Gasteiger partial charge < -0.3 is 5.32 Å². The second kappa shape index (κ2) is 7.20. The van der Waals surface area contributed by atoms with Crippen LogP contribution >= 0.6 is 0 Å². The number of imide groups is 1. The summed E-state index contributed by atoms with van der Waals surface area (Å²) in [5, 5.41) is 7.16. The summed E-state index contributed by atoms with van der Waals surface area (Å²) in [6.07, 6.45) is 1.48. The van der Waals surface area contributed by atoms with Crippen LogP contribution in [0.5, 0.6) is 0 Å². The van der Waals surface area contributed by atoms with E-state index in [4.69, 9.17) is 0 Å². The molecule has 22 heavy (non-hydrogen) atoms. The molecule has 2 rings (SSSR count). The van der Waals surface area contributed by atoms with Crippen molar-refractivity contribution in [3.8, 4) is 0 Å². The number of rotatable bonds is 7. The van der Waals surface area contributed by atoms with Crippen LogP contribution in [0.2, 0.25) is 0 Å². The maximum Gasteiger partial charge on any atom is 0.229 e. The van der Waals surface area contributed by atoms with Crippen LogP contribution in [0.4, 0.5) is 0 Å². The first-order valence-electron chi connectivity index (χ1n) is 7.58. The average Bonchev–Trinajstić information content (AvgIpc) is 2.95. The van der Waals surface area contributed by atoms with Gasteiger partial charge in [-0.2, -0.15) is 5.10 Å². The van der Waals surface area contributed by atoms with E-state index in [-0.39, 0.29) is 43.5 Å². The molecule has 0 atom stereocenters. The molecule has 1 N–H and O–H groups in total. The van der Waals surface area contributed by atoms with Gasteiger partial charge in [0.1, 0.15) is 0 Å². The first-order chi connectivity index (χ1) is 10.5. The van der Waals surface area contributed by atoms with Gasteiger partial charge in [0, 0.05) is 44.6 Å². The predicted molar refractivity (Wildman–Crippen MR) is 79.9 cm³/mol. The van der Waals surface area contributed by atoms with Crippen molar-refractivity contribution >= 4 is 17.7 Å². The van der Waals surface area contributed by atoms with Crippen LogP contribution in [0.3, 0.4) is 0 Å². The summed E-state index contributed by atoms with van der Waals surface area (Å²) < 4.78 is 1.92. The second-order valence-electron chi connectivity index (χ2n) is 5.54. The van der Waals surface area contributed by atoms with E-state index in [2.05, 4.69) is 10.4 Å². The van der Waals surface area contributed by atoms with Gasteiger partial charge in [0.15, 0.2) is 0 Å². The topological polar surface area (TPSA) is 84.3 Å². The normalized spacial score (nSPS) is 14.7. The zero-order valence-electron chi connectivity index (χ0n) is 13.1. The predicted octanol–water partition coefficient (Wildman–Crippen LogP) is 0.545. The number of hydrogen-bond donors (Lipinski definition) is 1. The number of hydrogen-bond acceptors (Lipinski definition) is 4. The summed E-state index contributed by atoms with van der Waals surface area (Å²) in [5.41, 5.74) is 2.09. The van der Waals surface area contributed by atoms with Gasteiger partial charge in [0.05, 0.1) is 5.69 Å². The Bertz CT molecular complexity index is 563. The fraction of sp³-hybridized carbons (Fsp3) is 0.600. The molecule has 0 aromatic carbocycles. The second-order valence-corrected chi connectivity index (χ2v) is 5.54. The van der Waals surface area contributed by atoms with Crippen LogP contribution in [0.25, 0.3) is 0 Å². The molecule has 0 unspecified atom stereocenters. The Labute approximate surface area is 129 Å². The van der Waals surface area contributed by atoms with Crippen molar-refractivity contribution < 1.29 is 14.4 Å². The zero-order valence-corrected chi connectivity index (χ0v) is 13.1. The van der Waals surface area contributed by atoms with Crippen LogP contribution in [-0.2, 0) is 20.9 Å². The summed E-state index contributed by atoms with van der Waals surface area (Å²) in [6.45, 7) is 5.44. The number of nitrogens with one attached hydrogen (secondary N) is 1. The van der Waals surface area contributed by atoms with Gasteiger partial charge in [0.25, 0.3) is 0 Å². The lowest BCUT2D eigenvalue weighted by Gasteiger charge is -2.13. The van der Waals surface area contributed by atoms with Crippen LogP contribution in [0.15, 0.2) is 6.07 Å². The van der Waals surface area contributed by atoms with Crippen molar-refractivity contribution in [1.29, 1.82) is 0 Å². The maximum absolute atomic E-state index is 11.7. The highest BCUT2D eigenvalue weighted by Crippen LogP contribution is 2.11. The molecule has 0 aliphatic carbocycles. The van der Waals surface area contributed by atoms with Crippen LogP contribution in [-0.4, -0.2) is 45.5 Å². The highest BCUT2D eigenvalue weighted by Gasteiger charge is 2.28. The Kier molecular flexibility index (Phi) is 5.30. The van der Waals surface area contributed by atoms with E-state index in [0.29, 0.717) is 6.54 Å². The van der Waals surface area contributed by atoms with E-state index in [1.54, 1.807) is 0 Å². The number of likely N-dealkylation sites (tertiary alicyclic amines) is 1. The number of nitrogens with zero attached hydrogens (tertiary/aromatic N) is 3. The van der Waals surface area contributed by atoms with E-state index in [1.807, 2.05) is 24.6 Å². The first-order valence-corrected chi connectivity index (χ1v) is 7.58. The zero-order chi connectivity index (χ0) is 16.1. The molecule has 1 saturated heterocycles. The van der Waals surface area contributed by atoms with E-state index < -0.39 is 0 Å². The largest absolute Gasteiger partial charge is 0.356 e. The molecular formula is C15H22N4O3. The molecule has 120 valence electrons. The lowest BCUT2D eigenvalue weighted by atomic mass is 10.3. The van der Waals surface area contributed by atoms with Gasteiger partial charge >= 0.3 is 0 Å². The fourth-order valence-corrected chi connectivity index (χ4v) is 2.53. The lowest BCUT2D eigenvalue weighted by molar-refractivity contribution is -0.138. The van der Waals surface area contributed by atoms with Gasteiger partial charge in [-0.25, -0.2) is 0 Å². The number of aryl methyl sites for hydroxylation is 3. The van der Waals surface area contributed by atoms with Crippen LogP contribution in [0, 0.1) is 13.8 Å². The third-order valence-electron chi connectivity index (χ3n) is 3.69. The van der Waals surface area contributed by atoms with Crippen LogP contribution < -0.4 is 5.32 Å². The number of carbonyl (C=O) groups excluding carboxylic acids is 3. The Morgan fingerprint density at radius 1 is 1.23 bits per heavy atom. The summed E-state index contributed by atoms with van der Waals surface area (Å²) in [5.74, 6) is -0.495. The molecule has 1 aromatic heterocycles. The third kappa shape index (κ3) is 4.16. The Balaban J connectivity index is 1.63. The molecule has 7 heteroatoms. The molecule has 3 amide bonds. The molecular weight excluding hydrogens is 284 g/mol. The maximum atomic E-state index is 11.7. The molecule has 7 nitrogen and oxygen atoms in total. The standard InChI is InChI=1S/C15H22N4O3/c1-11-10-12(2)19(17-11)8-3-7-16-13(20)6-9-18-14(21)4-5-15(18)22/h10H,3-9H2,1-2H3,(H,16,20). The number of amides is 3. The summed E-state index contributed by atoms with van der Waals surface area (Å²) in [4.78, 5) is 35.7. The lowest BCUT2D eigenvalue weighted by Crippen LogP contribution is -2.34. The Hall–Kier alpha value is -2.18. The molecule has 0 radical (unpaired) electrons. The molecule has 0 spiro atoms. The summed E-state index contributed by atoms with van der Waals surface area (Å²) >= 11 is 0. The molecule has 1 aromatic rings. The highest BCUT2D eigenvalue weighted by molar-refractivity contribution is 6.02. The summed E-state index contributed by atoms with van der Waals surface area (Å²) in [6, 6.07) is 2.02. The average molecular weight is 306 g/mol. The van der Waals surface area contributed by atoms with E-state index in [0.717, 1.165) is 24.4 Å². The van der Waals surface area contributed by atoms with Gasteiger partial charge in [-0.05, 0) is 26.3 Å². The minimum Gasteiger partial charge on any atom is -0.356 e. The summed E-state index contributed by atoms with van der Waals surface area (Å²) in [7, 11) is 0. The number of aromatic nitrogens is 2. The van der Waals surface area contributed by atoms with Gasteiger partial charge in [-0.3, -0.25) is 24.0 Å². The highest BCUT2D eigenvalue weighted by atomic mass is 16.2. The van der Waals surface area contributed by atoms with Crippen molar-refractivity contribution in [2.24, 2.45) is 0 Å².